The summed E-state index contributed by atoms with van der Waals surface area (Å²) in [7, 11) is 0. The molecule has 0 saturated heterocycles. The molecule has 6 heteroatoms. The van der Waals surface area contributed by atoms with E-state index >= 15 is 0 Å². The minimum atomic E-state index is -0.421. The Morgan fingerprint density at radius 2 is 1.00 bits per heavy atom. The van der Waals surface area contributed by atoms with Gasteiger partial charge >= 0.3 is 71.1 Å². The van der Waals surface area contributed by atoms with Crippen molar-refractivity contribution in [1.29, 1.82) is 0 Å². The van der Waals surface area contributed by atoms with E-state index in [1.54, 1.807) is 0 Å². The van der Waals surface area contributed by atoms with Gasteiger partial charge in [0.05, 0.1) is 12.8 Å². The summed E-state index contributed by atoms with van der Waals surface area (Å²) in [6.07, 6.45) is 7.70. The third-order valence-electron chi connectivity index (χ3n) is 4.87. The monoisotopic (exact) mass is 390 g/mol. The van der Waals surface area contributed by atoms with Gasteiger partial charge in [0.25, 0.3) is 0 Å². The van der Waals surface area contributed by atoms with Crippen LogP contribution in [0.15, 0.2) is 0 Å². The number of unbranched alkanes of at least 4 members (excludes halogenated alkanes) is 2. The van der Waals surface area contributed by atoms with E-state index in [0.29, 0.717) is 0 Å². The zero-order chi connectivity index (χ0) is 18.6. The molecule has 0 heterocycles. The van der Waals surface area contributed by atoms with Gasteiger partial charge in [0.1, 0.15) is 11.2 Å². The molecule has 0 aromatic heterocycles. The van der Waals surface area contributed by atoms with Gasteiger partial charge in [-0.25, -0.2) is 0 Å². The molecule has 0 amide bonds. The molecule has 26 heavy (non-hydrogen) atoms. The molecule has 0 aromatic carbocycles. The van der Waals surface area contributed by atoms with Gasteiger partial charge in [0.2, 0.25) is 0 Å². The van der Waals surface area contributed by atoms with Crippen molar-refractivity contribution in [3.8, 4) is 0 Å². The second-order valence-electron chi connectivity index (χ2n) is 7.26. The predicted octanol–water partition coefficient (Wildman–Crippen LogP) is 4.27. The van der Waals surface area contributed by atoms with E-state index in [0.717, 1.165) is 51.4 Å². The van der Waals surface area contributed by atoms with Gasteiger partial charge in [0, 0.05) is 0 Å². The van der Waals surface area contributed by atoms with Crippen molar-refractivity contribution < 1.29 is 19.1 Å². The zero-order valence-corrected chi connectivity index (χ0v) is 16.7. The van der Waals surface area contributed by atoms with Crippen LogP contribution in [-0.4, -0.2) is 82.3 Å². The molecule has 0 rings (SSSR count). The van der Waals surface area contributed by atoms with E-state index in [9.17, 15) is 9.59 Å². The maximum atomic E-state index is 12.1. The fourth-order valence-electron chi connectivity index (χ4n) is 2.56. The normalized spacial score (nSPS) is 14.8. The number of hydrogen-bond donors (Lipinski definition) is 0. The second kappa shape index (κ2) is 16.9. The van der Waals surface area contributed by atoms with Gasteiger partial charge in [-0.15, -0.1) is 0 Å². The van der Waals surface area contributed by atoms with Crippen LogP contribution in [0.3, 0.4) is 0 Å². The fraction of sp³-hybridized carbons (Fsp3) is 0.900. The van der Waals surface area contributed by atoms with Crippen LogP contribution in [-0.2, 0) is 19.1 Å². The summed E-state index contributed by atoms with van der Waals surface area (Å²) in [6.45, 7) is 12.2. The van der Waals surface area contributed by atoms with Crippen LogP contribution in [0, 0.1) is 0 Å². The van der Waals surface area contributed by atoms with Crippen molar-refractivity contribution in [2.45, 2.75) is 117 Å². The number of rotatable bonds is 13. The summed E-state index contributed by atoms with van der Waals surface area (Å²) in [6, 6.07) is 0. The van der Waals surface area contributed by atoms with E-state index in [1.807, 2.05) is 27.7 Å². The molecule has 2 atom stereocenters. The third kappa shape index (κ3) is 14.0. The van der Waals surface area contributed by atoms with Gasteiger partial charge in [0.15, 0.2) is 0 Å². The molecule has 4 nitrogen and oxygen atoms in total. The van der Waals surface area contributed by atoms with E-state index in [2.05, 4.69) is 13.8 Å². The van der Waals surface area contributed by atoms with Crippen LogP contribution in [0.2, 0.25) is 0 Å². The Morgan fingerprint density at radius 3 is 1.23 bits per heavy atom. The Morgan fingerprint density at radius 1 is 0.692 bits per heavy atom. The van der Waals surface area contributed by atoms with Gasteiger partial charge < -0.3 is 9.47 Å². The first-order chi connectivity index (χ1) is 11.2. The number of carbonyl (C=O) groups is 2. The summed E-state index contributed by atoms with van der Waals surface area (Å²) in [5, 5.41) is 0. The quantitative estimate of drug-likeness (QED) is 0.348. The first-order valence-corrected chi connectivity index (χ1v) is 9.67. The fourth-order valence-corrected chi connectivity index (χ4v) is 2.56. The molecule has 0 aromatic rings. The molecule has 0 saturated carbocycles. The Kier molecular flexibility index (Phi) is 20.5. The summed E-state index contributed by atoms with van der Waals surface area (Å²) in [5.74, 6) is -0.613. The van der Waals surface area contributed by atoms with Gasteiger partial charge in [-0.2, -0.15) is 0 Å². The Hall–Kier alpha value is 0.940. The molecule has 0 aliphatic rings. The maximum absolute atomic E-state index is 12.1. The average Bonchev–Trinajstić information content (AvgIpc) is 2.56. The molecular weight excluding hydrogens is 350 g/mol. The van der Waals surface area contributed by atoms with Crippen LogP contribution in [0.5, 0.6) is 0 Å². The first-order valence-electron chi connectivity index (χ1n) is 9.67. The number of esters is 2. The summed E-state index contributed by atoms with van der Waals surface area (Å²) in [4.78, 5) is 24.1. The van der Waals surface area contributed by atoms with Crippen LogP contribution < -0.4 is 0 Å². The molecule has 0 bridgehead atoms. The van der Waals surface area contributed by atoms with Crippen molar-refractivity contribution in [2.75, 3.05) is 0 Å². The Labute approximate surface area is 205 Å². The zero-order valence-electron chi connectivity index (χ0n) is 16.7. The number of carbonyl (C=O) groups excluding carboxylic acids is 2. The summed E-state index contributed by atoms with van der Waals surface area (Å²) in [5.41, 5.74) is -0.841. The summed E-state index contributed by atoms with van der Waals surface area (Å²) >= 11 is 0. The predicted molar refractivity (Wildman–Crippen MR) is 112 cm³/mol. The number of ether oxygens (including phenoxy) is 2. The average molecular weight is 391 g/mol. The van der Waals surface area contributed by atoms with E-state index in [4.69, 9.17) is 9.47 Å². The van der Waals surface area contributed by atoms with Crippen LogP contribution in [0.25, 0.3) is 0 Å². The molecule has 146 valence electrons. The van der Waals surface area contributed by atoms with E-state index < -0.39 is 11.2 Å². The van der Waals surface area contributed by atoms with E-state index in [1.165, 1.54) is 0 Å². The molecule has 0 fully saturated rings. The van der Waals surface area contributed by atoms with Crippen LogP contribution in [0.1, 0.15) is 106 Å². The van der Waals surface area contributed by atoms with E-state index in [-0.39, 0.29) is 83.9 Å². The Balaban J connectivity index is -0.00000264. The second-order valence-corrected chi connectivity index (χ2v) is 7.26. The molecule has 0 aliphatic heterocycles. The topological polar surface area (TPSA) is 52.6 Å². The first kappa shape index (κ1) is 31.6. The van der Waals surface area contributed by atoms with Crippen molar-refractivity contribution >= 4 is 71.1 Å². The molecular formula is C20H40Na2O4. The standard InChI is InChI=1S/C20H38O4.2Na.2H/c1-7-11-15-19(5,9-3)23-17(21)13-14-18(22)24-20(6,10-4)16-12-8-2;;;;/h7-16H2,1-6H3;;;;. The Bertz CT molecular complexity index is 354. The molecule has 0 radical (unpaired) electrons. The van der Waals surface area contributed by atoms with Crippen molar-refractivity contribution in [3.63, 3.8) is 0 Å². The molecule has 2 unspecified atom stereocenters. The molecule has 0 aliphatic carbocycles. The summed E-state index contributed by atoms with van der Waals surface area (Å²) < 4.78 is 11.2. The van der Waals surface area contributed by atoms with Gasteiger partial charge in [-0.1, -0.05) is 40.5 Å². The van der Waals surface area contributed by atoms with Crippen LogP contribution >= 0.6 is 0 Å². The number of hydrogen-bond acceptors (Lipinski definition) is 4. The van der Waals surface area contributed by atoms with Crippen molar-refractivity contribution in [2.24, 2.45) is 0 Å². The third-order valence-corrected chi connectivity index (χ3v) is 4.87. The minimum absolute atomic E-state index is 0. The van der Waals surface area contributed by atoms with Crippen molar-refractivity contribution in [1.82, 2.24) is 0 Å². The van der Waals surface area contributed by atoms with Crippen LogP contribution in [0.4, 0.5) is 0 Å². The van der Waals surface area contributed by atoms with Gasteiger partial charge in [-0.05, 0) is 52.4 Å². The molecule has 0 N–H and O–H groups in total. The molecule has 0 spiro atoms. The van der Waals surface area contributed by atoms with Gasteiger partial charge in [-0.3, -0.25) is 9.59 Å². The SMILES string of the molecule is CCCCC(C)(CC)OC(=O)CCC(=O)OC(C)(CC)CCCC.[NaH].[NaH]. The van der Waals surface area contributed by atoms with Crippen molar-refractivity contribution in [3.05, 3.63) is 0 Å².